The highest BCUT2D eigenvalue weighted by Gasteiger charge is 2.21. The Morgan fingerprint density at radius 2 is 1.58 bits per heavy atom. The van der Waals surface area contributed by atoms with Crippen LogP contribution in [0, 0.1) is 0 Å². The van der Waals surface area contributed by atoms with E-state index < -0.39 is 6.04 Å². The number of amides is 2. The van der Waals surface area contributed by atoms with Gasteiger partial charge in [-0.05, 0) is 66.8 Å². The number of nitrogens with one attached hydrogen (secondary N) is 2. The van der Waals surface area contributed by atoms with Crippen LogP contribution in [0.15, 0.2) is 78.9 Å². The monoisotopic (exact) mass is 485 g/mol. The van der Waals surface area contributed by atoms with Gasteiger partial charge in [0, 0.05) is 17.1 Å². The van der Waals surface area contributed by atoms with E-state index in [9.17, 15) is 9.59 Å². The number of rotatable bonds is 10. The summed E-state index contributed by atoms with van der Waals surface area (Å²) in [5.74, 6) is -0.503. The molecule has 5 nitrogen and oxygen atoms in total. The average Bonchev–Trinajstić information content (AvgIpc) is 2.82. The molecule has 0 spiro atoms. The van der Waals surface area contributed by atoms with E-state index in [1.165, 1.54) is 0 Å². The van der Waals surface area contributed by atoms with Crippen LogP contribution in [0.5, 0.6) is 0 Å². The Morgan fingerprint density at radius 1 is 0.879 bits per heavy atom. The molecule has 0 aromatic heterocycles. The van der Waals surface area contributed by atoms with Crippen LogP contribution in [0.3, 0.4) is 0 Å². The van der Waals surface area contributed by atoms with Crippen LogP contribution in [0.1, 0.15) is 35.2 Å². The summed E-state index contributed by atoms with van der Waals surface area (Å²) in [4.78, 5) is 25.6. The fraction of sp³-hybridized carbons (Fsp3) is 0.231. The summed E-state index contributed by atoms with van der Waals surface area (Å²) in [6, 6.07) is 24.0. The second-order valence-electron chi connectivity index (χ2n) is 7.60. The second-order valence-corrected chi connectivity index (χ2v) is 8.04. The van der Waals surface area contributed by atoms with Crippen molar-refractivity contribution in [2.75, 3.05) is 6.54 Å². The van der Waals surface area contributed by atoms with Gasteiger partial charge < -0.3 is 16.4 Å². The molecule has 0 saturated heterocycles. The standard InChI is InChI=1S/C26H28ClN3O2.ClH/c27-23-10-6-7-19(17-23)18-29-26(32)24(11-4-5-16-28)30-25(31)22-14-12-21(13-15-22)20-8-2-1-3-9-20;/h1-3,6-10,12-15,17,24H,4-5,11,16,18,28H2,(H,29,32)(H,30,31);1H. The van der Waals surface area contributed by atoms with E-state index in [4.69, 9.17) is 17.3 Å². The summed E-state index contributed by atoms with van der Waals surface area (Å²) in [7, 11) is 0. The maximum absolute atomic E-state index is 12.8. The third-order valence-corrected chi connectivity index (χ3v) is 5.41. The van der Waals surface area contributed by atoms with Gasteiger partial charge in [0.2, 0.25) is 5.91 Å². The van der Waals surface area contributed by atoms with Gasteiger partial charge in [-0.25, -0.2) is 0 Å². The topological polar surface area (TPSA) is 84.2 Å². The lowest BCUT2D eigenvalue weighted by atomic mass is 10.0. The number of carbonyl (C=O) groups is 2. The normalized spacial score (nSPS) is 11.2. The van der Waals surface area contributed by atoms with E-state index in [1.54, 1.807) is 24.3 Å². The maximum Gasteiger partial charge on any atom is 0.251 e. The minimum atomic E-state index is -0.637. The summed E-state index contributed by atoms with van der Waals surface area (Å²) in [6.07, 6.45) is 2.06. The zero-order valence-corrected chi connectivity index (χ0v) is 19.9. The zero-order valence-electron chi connectivity index (χ0n) is 18.3. The van der Waals surface area contributed by atoms with Gasteiger partial charge in [0.15, 0.2) is 0 Å². The Hall–Kier alpha value is -2.86. The minimum absolute atomic E-state index is 0. The van der Waals surface area contributed by atoms with Crippen molar-refractivity contribution in [2.45, 2.75) is 31.8 Å². The summed E-state index contributed by atoms with van der Waals surface area (Å²) < 4.78 is 0. The first-order chi connectivity index (χ1) is 15.6. The van der Waals surface area contributed by atoms with E-state index in [0.29, 0.717) is 30.1 Å². The summed E-state index contributed by atoms with van der Waals surface area (Å²) in [5.41, 5.74) is 9.11. The molecular weight excluding hydrogens is 457 g/mol. The summed E-state index contributed by atoms with van der Waals surface area (Å²) in [6.45, 7) is 0.889. The third kappa shape index (κ3) is 8.21. The molecule has 2 amide bonds. The summed E-state index contributed by atoms with van der Waals surface area (Å²) >= 11 is 6.01. The third-order valence-electron chi connectivity index (χ3n) is 5.18. The highest BCUT2D eigenvalue weighted by Crippen LogP contribution is 2.19. The Kier molecular flexibility index (Phi) is 10.9. The van der Waals surface area contributed by atoms with E-state index in [1.807, 2.05) is 54.6 Å². The lowest BCUT2D eigenvalue weighted by Gasteiger charge is -2.19. The molecule has 33 heavy (non-hydrogen) atoms. The fourth-order valence-electron chi connectivity index (χ4n) is 3.41. The largest absolute Gasteiger partial charge is 0.350 e. The SMILES string of the molecule is Cl.NCCCCC(NC(=O)c1ccc(-c2ccccc2)cc1)C(=O)NCc1cccc(Cl)c1. The van der Waals surface area contributed by atoms with Crippen molar-refractivity contribution < 1.29 is 9.59 Å². The van der Waals surface area contributed by atoms with E-state index >= 15 is 0 Å². The van der Waals surface area contributed by atoms with Crippen LogP contribution in [-0.4, -0.2) is 24.4 Å². The first-order valence-corrected chi connectivity index (χ1v) is 11.1. The van der Waals surface area contributed by atoms with Crippen LogP contribution in [0.25, 0.3) is 11.1 Å². The molecule has 0 saturated carbocycles. The highest BCUT2D eigenvalue weighted by atomic mass is 35.5. The Labute approximate surface area is 206 Å². The van der Waals surface area contributed by atoms with Crippen LogP contribution in [0.4, 0.5) is 0 Å². The number of carbonyl (C=O) groups excluding carboxylic acids is 2. The lowest BCUT2D eigenvalue weighted by molar-refractivity contribution is -0.123. The molecule has 4 N–H and O–H groups in total. The van der Waals surface area contributed by atoms with Gasteiger partial charge in [-0.3, -0.25) is 9.59 Å². The quantitative estimate of drug-likeness (QED) is 0.354. The number of hydrogen-bond donors (Lipinski definition) is 3. The average molecular weight is 486 g/mol. The van der Waals surface area contributed by atoms with Gasteiger partial charge in [-0.15, -0.1) is 12.4 Å². The number of halogens is 2. The Balaban J connectivity index is 0.00000385. The van der Waals surface area contributed by atoms with E-state index in [2.05, 4.69) is 10.6 Å². The van der Waals surface area contributed by atoms with Crippen molar-refractivity contribution in [3.8, 4) is 11.1 Å². The van der Waals surface area contributed by atoms with E-state index in [0.717, 1.165) is 29.5 Å². The van der Waals surface area contributed by atoms with Crippen molar-refractivity contribution in [1.29, 1.82) is 0 Å². The predicted octanol–water partition coefficient (Wildman–Crippen LogP) is 4.97. The van der Waals surface area contributed by atoms with Gasteiger partial charge >= 0.3 is 0 Å². The molecule has 0 aliphatic rings. The van der Waals surface area contributed by atoms with Crippen molar-refractivity contribution in [3.05, 3.63) is 95.0 Å². The van der Waals surface area contributed by atoms with Gasteiger partial charge in [0.25, 0.3) is 5.91 Å². The number of nitrogens with two attached hydrogens (primary N) is 1. The van der Waals surface area contributed by atoms with Crippen molar-refractivity contribution >= 4 is 35.8 Å². The van der Waals surface area contributed by atoms with Crippen LogP contribution < -0.4 is 16.4 Å². The minimum Gasteiger partial charge on any atom is -0.350 e. The van der Waals surface area contributed by atoms with Gasteiger partial charge in [-0.2, -0.15) is 0 Å². The molecule has 1 atom stereocenters. The molecule has 174 valence electrons. The van der Waals surface area contributed by atoms with Crippen LogP contribution in [-0.2, 0) is 11.3 Å². The van der Waals surface area contributed by atoms with Crippen molar-refractivity contribution in [3.63, 3.8) is 0 Å². The Bertz CT molecular complexity index is 1030. The number of benzene rings is 3. The first kappa shape index (κ1) is 26.4. The molecule has 0 bridgehead atoms. The molecule has 3 rings (SSSR count). The molecule has 3 aromatic rings. The molecule has 0 heterocycles. The molecule has 1 unspecified atom stereocenters. The summed E-state index contributed by atoms with van der Waals surface area (Å²) in [5, 5.41) is 6.39. The highest BCUT2D eigenvalue weighted by molar-refractivity contribution is 6.30. The first-order valence-electron chi connectivity index (χ1n) is 10.8. The second kappa shape index (κ2) is 13.6. The van der Waals surface area contributed by atoms with Gasteiger partial charge in [-0.1, -0.05) is 66.2 Å². The molecule has 0 aliphatic carbocycles. The van der Waals surface area contributed by atoms with Crippen LogP contribution >= 0.6 is 24.0 Å². The van der Waals surface area contributed by atoms with Crippen molar-refractivity contribution in [2.24, 2.45) is 5.73 Å². The Morgan fingerprint density at radius 3 is 2.24 bits per heavy atom. The number of hydrogen-bond acceptors (Lipinski definition) is 3. The van der Waals surface area contributed by atoms with Crippen molar-refractivity contribution in [1.82, 2.24) is 10.6 Å². The van der Waals surface area contributed by atoms with E-state index in [-0.39, 0.29) is 24.2 Å². The van der Waals surface area contributed by atoms with Gasteiger partial charge in [0.1, 0.15) is 6.04 Å². The lowest BCUT2D eigenvalue weighted by Crippen LogP contribution is -2.46. The molecule has 0 radical (unpaired) electrons. The number of unbranched alkanes of at least 4 members (excludes halogenated alkanes) is 1. The molecular formula is C26H29Cl2N3O2. The smallest absolute Gasteiger partial charge is 0.251 e. The molecule has 3 aromatic carbocycles. The molecule has 7 heteroatoms. The predicted molar refractivity (Wildman–Crippen MR) is 137 cm³/mol. The maximum atomic E-state index is 12.8. The van der Waals surface area contributed by atoms with Crippen LogP contribution in [0.2, 0.25) is 5.02 Å². The fourth-order valence-corrected chi connectivity index (χ4v) is 3.62. The molecule has 0 fully saturated rings. The molecule has 0 aliphatic heterocycles. The zero-order chi connectivity index (χ0) is 22.8. The van der Waals surface area contributed by atoms with Gasteiger partial charge in [0.05, 0.1) is 0 Å².